The third-order valence-corrected chi connectivity index (χ3v) is 3.57. The number of piperazine rings is 1. The van der Waals surface area contributed by atoms with E-state index in [0.29, 0.717) is 12.4 Å². The Kier molecular flexibility index (Phi) is 3.09. The molecular weight excluding hydrogens is 242 g/mol. The zero-order chi connectivity index (χ0) is 13.4. The number of anilines is 1. The molecule has 1 aliphatic heterocycles. The summed E-state index contributed by atoms with van der Waals surface area (Å²) in [5, 5.41) is 11.3. The minimum Gasteiger partial charge on any atom is -0.383 e. The summed E-state index contributed by atoms with van der Waals surface area (Å²) < 4.78 is 1.68. The second-order valence-electron chi connectivity index (χ2n) is 4.82. The molecule has 0 saturated carbocycles. The van der Waals surface area contributed by atoms with Crippen molar-refractivity contribution < 1.29 is 0 Å². The van der Waals surface area contributed by atoms with Gasteiger partial charge in [0.15, 0.2) is 5.65 Å². The van der Waals surface area contributed by atoms with Gasteiger partial charge in [0.25, 0.3) is 0 Å². The Morgan fingerprint density at radius 1 is 1.47 bits per heavy atom. The number of nitrogen functional groups attached to an aromatic ring is 1. The van der Waals surface area contributed by atoms with Gasteiger partial charge < -0.3 is 22.1 Å². The molecule has 2 aromatic heterocycles. The van der Waals surface area contributed by atoms with Gasteiger partial charge in [0.05, 0.1) is 11.7 Å². The first-order valence-electron chi connectivity index (χ1n) is 6.49. The van der Waals surface area contributed by atoms with Crippen molar-refractivity contribution in [1.29, 1.82) is 0 Å². The van der Waals surface area contributed by atoms with Crippen LogP contribution >= 0.6 is 0 Å². The molecule has 1 atom stereocenters. The van der Waals surface area contributed by atoms with Crippen molar-refractivity contribution in [2.75, 3.05) is 25.4 Å². The van der Waals surface area contributed by atoms with Crippen LogP contribution in [0.2, 0.25) is 0 Å². The zero-order valence-corrected chi connectivity index (χ0v) is 11.0. The van der Waals surface area contributed by atoms with Gasteiger partial charge >= 0.3 is 0 Å². The largest absolute Gasteiger partial charge is 0.383 e. The van der Waals surface area contributed by atoms with Gasteiger partial charge in [0, 0.05) is 43.5 Å². The normalized spacial score (nSPS) is 20.0. The molecule has 7 nitrogen and oxygen atoms in total. The molecule has 1 unspecified atom stereocenters. The highest BCUT2D eigenvalue weighted by Crippen LogP contribution is 2.20. The van der Waals surface area contributed by atoms with E-state index in [-0.39, 0.29) is 6.04 Å². The highest BCUT2D eigenvalue weighted by atomic mass is 15.3. The summed E-state index contributed by atoms with van der Waals surface area (Å²) in [4.78, 5) is 4.52. The van der Waals surface area contributed by atoms with Crippen molar-refractivity contribution in [3.05, 3.63) is 23.0 Å². The van der Waals surface area contributed by atoms with E-state index in [9.17, 15) is 0 Å². The van der Waals surface area contributed by atoms with E-state index in [2.05, 4.69) is 20.7 Å². The number of fused-ring (bicyclic) bond motifs is 1. The molecule has 0 aromatic carbocycles. The summed E-state index contributed by atoms with van der Waals surface area (Å²) in [6, 6.07) is 2.19. The van der Waals surface area contributed by atoms with Crippen molar-refractivity contribution in [2.45, 2.75) is 19.5 Å². The lowest BCUT2D eigenvalue weighted by atomic mass is 10.2. The molecule has 3 heterocycles. The van der Waals surface area contributed by atoms with E-state index in [1.807, 2.05) is 13.0 Å². The third kappa shape index (κ3) is 2.05. The van der Waals surface area contributed by atoms with E-state index >= 15 is 0 Å². The number of aromatic nitrogens is 3. The van der Waals surface area contributed by atoms with Crippen LogP contribution in [0.15, 0.2) is 6.07 Å². The second kappa shape index (κ2) is 4.76. The first-order chi connectivity index (χ1) is 9.20. The maximum Gasteiger partial charge on any atom is 0.157 e. The molecule has 19 heavy (non-hydrogen) atoms. The fourth-order valence-corrected chi connectivity index (χ4v) is 2.48. The summed E-state index contributed by atoms with van der Waals surface area (Å²) >= 11 is 0. The molecule has 6 N–H and O–H groups in total. The summed E-state index contributed by atoms with van der Waals surface area (Å²) in [5.74, 6) is 0.583. The van der Waals surface area contributed by atoms with Gasteiger partial charge in [-0.15, -0.1) is 0 Å². The number of nitrogens with two attached hydrogens (primary N) is 2. The predicted molar refractivity (Wildman–Crippen MR) is 73.6 cm³/mol. The van der Waals surface area contributed by atoms with Crippen molar-refractivity contribution in [1.82, 2.24) is 25.2 Å². The van der Waals surface area contributed by atoms with E-state index in [1.54, 1.807) is 4.52 Å². The topological polar surface area (TPSA) is 106 Å². The van der Waals surface area contributed by atoms with Crippen LogP contribution < -0.4 is 22.1 Å². The minimum atomic E-state index is 0.205. The lowest BCUT2D eigenvalue weighted by Gasteiger charge is -2.22. The Morgan fingerprint density at radius 2 is 2.32 bits per heavy atom. The molecular formula is C12H19N7. The lowest BCUT2D eigenvalue weighted by molar-refractivity contribution is 0.422. The average Bonchev–Trinajstić information content (AvgIpc) is 2.84. The quantitative estimate of drug-likeness (QED) is 0.570. The number of nitrogens with zero attached hydrogens (tertiary/aromatic N) is 3. The number of hydrogen-bond donors (Lipinski definition) is 4. The molecule has 0 amide bonds. The predicted octanol–water partition coefficient (Wildman–Crippen LogP) is -0.687. The Hall–Kier alpha value is -1.70. The summed E-state index contributed by atoms with van der Waals surface area (Å²) in [7, 11) is 0. The average molecular weight is 261 g/mol. The van der Waals surface area contributed by atoms with Crippen molar-refractivity contribution >= 4 is 11.5 Å². The molecule has 0 radical (unpaired) electrons. The van der Waals surface area contributed by atoms with Gasteiger partial charge in [-0.1, -0.05) is 0 Å². The Balaban J connectivity index is 2.07. The zero-order valence-electron chi connectivity index (χ0n) is 11.0. The van der Waals surface area contributed by atoms with Crippen molar-refractivity contribution in [2.24, 2.45) is 5.73 Å². The van der Waals surface area contributed by atoms with E-state index in [1.165, 1.54) is 0 Å². The third-order valence-electron chi connectivity index (χ3n) is 3.57. The lowest BCUT2D eigenvalue weighted by Crippen LogP contribution is -2.42. The Morgan fingerprint density at radius 3 is 3.00 bits per heavy atom. The summed E-state index contributed by atoms with van der Waals surface area (Å²) in [6.07, 6.45) is 0. The first-order valence-corrected chi connectivity index (χ1v) is 6.49. The highest BCUT2D eigenvalue weighted by molar-refractivity contribution is 5.53. The number of rotatable bonds is 2. The van der Waals surface area contributed by atoms with Crippen LogP contribution in [0.5, 0.6) is 0 Å². The molecule has 1 aliphatic rings. The summed E-state index contributed by atoms with van der Waals surface area (Å²) in [5.41, 5.74) is 15.3. The molecule has 2 aromatic rings. The molecule has 0 aliphatic carbocycles. The second-order valence-corrected chi connectivity index (χ2v) is 4.82. The number of aryl methyl sites for hydroxylation is 1. The fourth-order valence-electron chi connectivity index (χ4n) is 2.48. The highest BCUT2D eigenvalue weighted by Gasteiger charge is 2.19. The van der Waals surface area contributed by atoms with Crippen LogP contribution in [0.1, 0.15) is 23.0 Å². The SMILES string of the molecule is Cc1nc2cc(C3CNCCN3)nn2c(N)c1CN. The number of hydrogen-bond acceptors (Lipinski definition) is 6. The molecule has 7 heteroatoms. The van der Waals surface area contributed by atoms with E-state index in [4.69, 9.17) is 11.5 Å². The van der Waals surface area contributed by atoms with Gasteiger partial charge in [0.2, 0.25) is 0 Å². The minimum absolute atomic E-state index is 0.205. The monoisotopic (exact) mass is 261 g/mol. The van der Waals surface area contributed by atoms with Crippen LogP contribution in [0, 0.1) is 6.92 Å². The molecule has 102 valence electrons. The molecule has 0 spiro atoms. The van der Waals surface area contributed by atoms with Gasteiger partial charge in [-0.25, -0.2) is 4.98 Å². The fraction of sp³-hybridized carbons (Fsp3) is 0.500. The first kappa shape index (κ1) is 12.3. The Bertz CT molecular complexity index is 598. The standard InChI is InChI=1S/C12H19N7/c1-7-8(5-13)12(14)19-11(17-7)4-9(18-19)10-6-15-2-3-16-10/h4,10,15-16H,2-3,5-6,13-14H2,1H3. The van der Waals surface area contributed by atoms with Gasteiger partial charge in [-0.3, -0.25) is 0 Å². The molecule has 1 fully saturated rings. The molecule has 0 bridgehead atoms. The van der Waals surface area contributed by atoms with Gasteiger partial charge in [-0.2, -0.15) is 9.61 Å². The van der Waals surface area contributed by atoms with Gasteiger partial charge in [-0.05, 0) is 6.92 Å². The van der Waals surface area contributed by atoms with E-state index < -0.39 is 0 Å². The van der Waals surface area contributed by atoms with Crippen molar-refractivity contribution in [3.63, 3.8) is 0 Å². The van der Waals surface area contributed by atoms with Crippen LogP contribution in [-0.4, -0.2) is 34.2 Å². The Labute approximate surface area is 111 Å². The smallest absolute Gasteiger partial charge is 0.157 e. The van der Waals surface area contributed by atoms with Crippen molar-refractivity contribution in [3.8, 4) is 0 Å². The van der Waals surface area contributed by atoms with E-state index in [0.717, 1.165) is 42.2 Å². The molecule has 3 rings (SSSR count). The van der Waals surface area contributed by atoms with Crippen LogP contribution in [0.3, 0.4) is 0 Å². The van der Waals surface area contributed by atoms with Crippen LogP contribution in [-0.2, 0) is 6.54 Å². The van der Waals surface area contributed by atoms with Gasteiger partial charge in [0.1, 0.15) is 5.82 Å². The maximum absolute atomic E-state index is 6.12. The molecule has 1 saturated heterocycles. The van der Waals surface area contributed by atoms with Crippen LogP contribution in [0.25, 0.3) is 5.65 Å². The summed E-state index contributed by atoms with van der Waals surface area (Å²) in [6.45, 7) is 5.09. The number of nitrogens with one attached hydrogen (secondary N) is 2. The maximum atomic E-state index is 6.12. The van der Waals surface area contributed by atoms with Crippen LogP contribution in [0.4, 0.5) is 5.82 Å².